The Bertz CT molecular complexity index is 677. The molecule has 0 heterocycles. The maximum absolute atomic E-state index is 12.4. The second kappa shape index (κ2) is 5.92. The van der Waals surface area contributed by atoms with E-state index in [-0.39, 0.29) is 10.8 Å². The van der Waals surface area contributed by atoms with Gasteiger partial charge in [0.1, 0.15) is 5.75 Å². The SMILES string of the molecule is COC(=O)c1ccc(OS(=O)(=O)C(F)(F)F)c([Si](C)(C)C)c1. The van der Waals surface area contributed by atoms with E-state index in [1.807, 2.05) is 0 Å². The second-order valence-corrected chi connectivity index (χ2v) is 12.0. The minimum atomic E-state index is -5.77. The van der Waals surface area contributed by atoms with Crippen LogP contribution in [0, 0.1) is 0 Å². The predicted octanol–water partition coefficient (Wildman–Crippen LogP) is 2.25. The first-order valence-corrected chi connectivity index (χ1v) is 10.9. The van der Waals surface area contributed by atoms with Gasteiger partial charge in [-0.25, -0.2) is 4.79 Å². The molecule has 22 heavy (non-hydrogen) atoms. The van der Waals surface area contributed by atoms with Crippen molar-refractivity contribution in [1.29, 1.82) is 0 Å². The topological polar surface area (TPSA) is 69.7 Å². The van der Waals surface area contributed by atoms with E-state index in [0.717, 1.165) is 19.2 Å². The van der Waals surface area contributed by atoms with Crippen LogP contribution in [0.15, 0.2) is 18.2 Å². The molecule has 0 aliphatic carbocycles. The van der Waals surface area contributed by atoms with Crippen LogP contribution in [0.5, 0.6) is 5.75 Å². The normalized spacial score (nSPS) is 12.9. The summed E-state index contributed by atoms with van der Waals surface area (Å²) in [6, 6.07) is 3.49. The summed E-state index contributed by atoms with van der Waals surface area (Å²) in [5.41, 5.74) is -5.42. The molecule has 124 valence electrons. The molecule has 0 aliphatic heterocycles. The molecule has 0 fully saturated rings. The number of carbonyl (C=O) groups is 1. The fourth-order valence-electron chi connectivity index (χ4n) is 1.60. The minimum absolute atomic E-state index is 0.108. The molecular weight excluding hydrogens is 341 g/mol. The van der Waals surface area contributed by atoms with Crippen molar-refractivity contribution >= 4 is 29.3 Å². The monoisotopic (exact) mass is 356 g/mol. The number of rotatable bonds is 4. The van der Waals surface area contributed by atoms with Crippen molar-refractivity contribution in [2.45, 2.75) is 25.1 Å². The smallest absolute Gasteiger partial charge is 0.465 e. The zero-order valence-electron chi connectivity index (χ0n) is 12.3. The fourth-order valence-corrected chi connectivity index (χ4v) is 3.61. The first kappa shape index (κ1) is 18.5. The molecule has 0 bridgehead atoms. The van der Waals surface area contributed by atoms with Crippen LogP contribution in [0.4, 0.5) is 13.2 Å². The van der Waals surface area contributed by atoms with Gasteiger partial charge in [0, 0.05) is 0 Å². The number of alkyl halides is 3. The summed E-state index contributed by atoms with van der Waals surface area (Å²) < 4.78 is 68.4. The second-order valence-electron chi connectivity index (χ2n) is 5.44. The number of benzene rings is 1. The van der Waals surface area contributed by atoms with Gasteiger partial charge in [0.15, 0.2) is 0 Å². The average molecular weight is 356 g/mol. The van der Waals surface area contributed by atoms with Gasteiger partial charge in [0.05, 0.1) is 20.7 Å². The van der Waals surface area contributed by atoms with Crippen LogP contribution in [-0.4, -0.2) is 35.1 Å². The highest BCUT2D eigenvalue weighted by Gasteiger charge is 2.49. The zero-order chi connectivity index (χ0) is 17.3. The number of ether oxygens (including phenoxy) is 1. The van der Waals surface area contributed by atoms with E-state index in [2.05, 4.69) is 8.92 Å². The number of carbonyl (C=O) groups excluding carboxylic acids is 1. The number of hydrogen-bond donors (Lipinski definition) is 0. The average Bonchev–Trinajstić information content (AvgIpc) is 2.35. The van der Waals surface area contributed by atoms with E-state index < -0.39 is 35.4 Å². The van der Waals surface area contributed by atoms with Crippen molar-refractivity contribution in [1.82, 2.24) is 0 Å². The molecule has 1 aromatic carbocycles. The van der Waals surface area contributed by atoms with Gasteiger partial charge < -0.3 is 8.92 Å². The van der Waals surface area contributed by atoms with Crippen LogP contribution in [0.3, 0.4) is 0 Å². The first-order chi connectivity index (χ1) is 9.79. The molecule has 1 aromatic rings. The molecule has 0 aromatic heterocycles. The Balaban J connectivity index is 3.41. The maximum atomic E-state index is 12.4. The van der Waals surface area contributed by atoms with Gasteiger partial charge >= 0.3 is 21.6 Å². The van der Waals surface area contributed by atoms with E-state index >= 15 is 0 Å². The van der Waals surface area contributed by atoms with E-state index in [1.165, 1.54) is 6.07 Å². The standard InChI is InChI=1S/C12H15F3O5SSi/c1-19-11(16)8-5-6-9(10(7-8)22(2,3)4)20-21(17,18)12(13,14)15/h5-7H,1-4H3. The van der Waals surface area contributed by atoms with Crippen molar-refractivity contribution in [2.24, 2.45) is 0 Å². The fraction of sp³-hybridized carbons (Fsp3) is 0.417. The molecule has 0 saturated carbocycles. The van der Waals surface area contributed by atoms with E-state index in [4.69, 9.17) is 0 Å². The number of halogens is 3. The third-order valence-corrected chi connectivity index (χ3v) is 5.66. The summed E-state index contributed by atoms with van der Waals surface area (Å²) in [5.74, 6) is -1.10. The van der Waals surface area contributed by atoms with Gasteiger partial charge in [-0.05, 0) is 23.4 Å². The largest absolute Gasteiger partial charge is 0.534 e. The van der Waals surface area contributed by atoms with E-state index in [0.29, 0.717) is 0 Å². The molecule has 10 heteroatoms. The molecular formula is C12H15F3O5SSi. The van der Waals surface area contributed by atoms with Crippen LogP contribution < -0.4 is 9.37 Å². The number of esters is 1. The van der Waals surface area contributed by atoms with Crippen molar-refractivity contribution in [3.63, 3.8) is 0 Å². The van der Waals surface area contributed by atoms with E-state index in [9.17, 15) is 26.4 Å². The molecule has 0 aliphatic rings. The van der Waals surface area contributed by atoms with Gasteiger partial charge in [0.2, 0.25) is 0 Å². The molecule has 0 atom stereocenters. The summed E-state index contributed by atoms with van der Waals surface area (Å²) in [6.07, 6.45) is 0. The molecule has 1 rings (SSSR count). The number of hydrogen-bond acceptors (Lipinski definition) is 5. The summed E-state index contributed by atoms with van der Waals surface area (Å²) in [7, 11) is -6.90. The predicted molar refractivity (Wildman–Crippen MR) is 76.4 cm³/mol. The van der Waals surface area contributed by atoms with Crippen LogP contribution >= 0.6 is 0 Å². The highest BCUT2D eigenvalue weighted by Crippen LogP contribution is 2.27. The lowest BCUT2D eigenvalue weighted by Crippen LogP contribution is -2.40. The molecule has 0 N–H and O–H groups in total. The number of methoxy groups -OCH3 is 1. The Hall–Kier alpha value is -1.55. The van der Waals surface area contributed by atoms with Gasteiger partial charge in [-0.15, -0.1) is 0 Å². The Labute approximate surface area is 127 Å². The zero-order valence-corrected chi connectivity index (χ0v) is 14.1. The highest BCUT2D eigenvalue weighted by molar-refractivity contribution is 7.88. The Morgan fingerprint density at radius 1 is 1.18 bits per heavy atom. The highest BCUT2D eigenvalue weighted by atomic mass is 32.2. The quantitative estimate of drug-likeness (QED) is 0.358. The van der Waals surface area contributed by atoms with Crippen molar-refractivity contribution in [3.8, 4) is 5.75 Å². The Kier molecular flexibility index (Phi) is 4.97. The third kappa shape index (κ3) is 4.00. The summed E-state index contributed by atoms with van der Waals surface area (Å²) >= 11 is 0. The van der Waals surface area contributed by atoms with Crippen LogP contribution in [0.1, 0.15) is 10.4 Å². The molecule has 0 amide bonds. The lowest BCUT2D eigenvalue weighted by molar-refractivity contribution is -0.0499. The minimum Gasteiger partial charge on any atom is -0.465 e. The van der Waals surface area contributed by atoms with Crippen molar-refractivity contribution < 1.29 is 35.3 Å². The molecule has 0 unspecified atom stereocenters. The summed E-state index contributed by atoms with van der Waals surface area (Å²) in [5, 5.41) is 0.267. The summed E-state index contributed by atoms with van der Waals surface area (Å²) in [6.45, 7) is 5.32. The van der Waals surface area contributed by atoms with Gasteiger partial charge in [0.25, 0.3) is 0 Å². The molecule has 5 nitrogen and oxygen atoms in total. The van der Waals surface area contributed by atoms with E-state index in [1.54, 1.807) is 19.6 Å². The first-order valence-electron chi connectivity index (χ1n) is 6.03. The lowest BCUT2D eigenvalue weighted by Gasteiger charge is -2.21. The van der Waals surface area contributed by atoms with Crippen LogP contribution in [0.25, 0.3) is 0 Å². The maximum Gasteiger partial charge on any atom is 0.534 e. The Morgan fingerprint density at radius 2 is 1.73 bits per heavy atom. The van der Waals surface area contributed by atoms with Crippen LogP contribution in [0.2, 0.25) is 19.6 Å². The molecule has 0 saturated heterocycles. The van der Waals surface area contributed by atoms with Crippen molar-refractivity contribution in [2.75, 3.05) is 7.11 Å². The Morgan fingerprint density at radius 3 is 2.14 bits per heavy atom. The van der Waals surface area contributed by atoms with Gasteiger partial charge in [-0.3, -0.25) is 0 Å². The molecule has 0 spiro atoms. The summed E-state index contributed by atoms with van der Waals surface area (Å²) in [4.78, 5) is 11.5. The van der Waals surface area contributed by atoms with Gasteiger partial charge in [-0.1, -0.05) is 19.6 Å². The van der Waals surface area contributed by atoms with Crippen LogP contribution in [-0.2, 0) is 14.9 Å². The van der Waals surface area contributed by atoms with Gasteiger partial charge in [-0.2, -0.15) is 21.6 Å². The third-order valence-electron chi connectivity index (χ3n) is 2.69. The lowest BCUT2D eigenvalue weighted by atomic mass is 10.2. The molecule has 0 radical (unpaired) electrons. The van der Waals surface area contributed by atoms with Crippen molar-refractivity contribution in [3.05, 3.63) is 23.8 Å².